The van der Waals surface area contributed by atoms with Gasteiger partial charge in [0.05, 0.1) is 10.7 Å². The number of nitrogen functional groups attached to an aromatic ring is 1. The van der Waals surface area contributed by atoms with Crippen LogP contribution < -0.4 is 11.1 Å². The SMILES string of the molecule is Nc1ccc(Nc2ccsc2)c(Cl)c1. The Kier molecular flexibility index (Phi) is 2.61. The summed E-state index contributed by atoms with van der Waals surface area (Å²) in [5, 5.41) is 7.87. The number of benzene rings is 1. The van der Waals surface area contributed by atoms with Crippen LogP contribution in [0.25, 0.3) is 0 Å². The van der Waals surface area contributed by atoms with Crippen molar-refractivity contribution in [2.75, 3.05) is 11.1 Å². The number of nitrogens with two attached hydrogens (primary N) is 1. The van der Waals surface area contributed by atoms with Crippen molar-refractivity contribution in [3.63, 3.8) is 0 Å². The lowest BCUT2D eigenvalue weighted by atomic mass is 10.3. The van der Waals surface area contributed by atoms with Crippen LogP contribution in [0.5, 0.6) is 0 Å². The minimum atomic E-state index is 0.635. The molecule has 0 radical (unpaired) electrons. The summed E-state index contributed by atoms with van der Waals surface area (Å²) in [5.74, 6) is 0. The zero-order chi connectivity index (χ0) is 9.97. The average Bonchev–Trinajstić information content (AvgIpc) is 2.62. The minimum Gasteiger partial charge on any atom is -0.399 e. The van der Waals surface area contributed by atoms with Gasteiger partial charge in [-0.15, -0.1) is 0 Å². The topological polar surface area (TPSA) is 38.0 Å². The largest absolute Gasteiger partial charge is 0.399 e. The van der Waals surface area contributed by atoms with Crippen LogP contribution >= 0.6 is 22.9 Å². The number of thiophene rings is 1. The van der Waals surface area contributed by atoms with Gasteiger partial charge in [-0.3, -0.25) is 0 Å². The van der Waals surface area contributed by atoms with Gasteiger partial charge in [0.15, 0.2) is 0 Å². The van der Waals surface area contributed by atoms with E-state index < -0.39 is 0 Å². The number of rotatable bonds is 2. The fraction of sp³-hybridized carbons (Fsp3) is 0. The van der Waals surface area contributed by atoms with Crippen molar-refractivity contribution in [3.05, 3.63) is 40.0 Å². The van der Waals surface area contributed by atoms with E-state index in [0.29, 0.717) is 10.7 Å². The average molecular weight is 225 g/mol. The monoisotopic (exact) mass is 224 g/mol. The first-order valence-corrected chi connectivity index (χ1v) is 5.42. The van der Waals surface area contributed by atoms with Crippen LogP contribution in [0.4, 0.5) is 17.1 Å². The Bertz CT molecular complexity index is 426. The highest BCUT2D eigenvalue weighted by Gasteiger charge is 2.00. The summed E-state index contributed by atoms with van der Waals surface area (Å²) in [7, 11) is 0. The molecule has 72 valence electrons. The van der Waals surface area contributed by atoms with Gasteiger partial charge in [-0.05, 0) is 29.6 Å². The zero-order valence-electron chi connectivity index (χ0n) is 7.33. The maximum atomic E-state index is 6.01. The summed E-state index contributed by atoms with van der Waals surface area (Å²) >= 11 is 7.64. The molecule has 14 heavy (non-hydrogen) atoms. The van der Waals surface area contributed by atoms with Crippen molar-refractivity contribution in [1.82, 2.24) is 0 Å². The van der Waals surface area contributed by atoms with Crippen LogP contribution in [-0.2, 0) is 0 Å². The molecule has 0 spiro atoms. The van der Waals surface area contributed by atoms with Crippen molar-refractivity contribution in [1.29, 1.82) is 0 Å². The van der Waals surface area contributed by atoms with Crippen LogP contribution in [0.3, 0.4) is 0 Å². The number of halogens is 1. The molecule has 2 rings (SSSR count). The number of hydrogen-bond donors (Lipinski definition) is 2. The van der Waals surface area contributed by atoms with Crippen molar-refractivity contribution in [3.8, 4) is 0 Å². The maximum absolute atomic E-state index is 6.01. The zero-order valence-corrected chi connectivity index (χ0v) is 8.90. The van der Waals surface area contributed by atoms with Gasteiger partial charge in [0.25, 0.3) is 0 Å². The van der Waals surface area contributed by atoms with Gasteiger partial charge in [-0.2, -0.15) is 11.3 Å². The molecular formula is C10H9ClN2S. The Labute approximate surface area is 91.3 Å². The molecule has 4 heteroatoms. The third-order valence-electron chi connectivity index (χ3n) is 1.79. The van der Waals surface area contributed by atoms with E-state index in [9.17, 15) is 0 Å². The fourth-order valence-electron chi connectivity index (χ4n) is 1.12. The van der Waals surface area contributed by atoms with E-state index in [1.165, 1.54) is 0 Å². The van der Waals surface area contributed by atoms with Gasteiger partial charge >= 0.3 is 0 Å². The van der Waals surface area contributed by atoms with Crippen molar-refractivity contribution in [2.24, 2.45) is 0 Å². The van der Waals surface area contributed by atoms with E-state index in [4.69, 9.17) is 17.3 Å². The van der Waals surface area contributed by atoms with Crippen LogP contribution in [0.2, 0.25) is 5.02 Å². The first-order valence-electron chi connectivity index (χ1n) is 4.10. The smallest absolute Gasteiger partial charge is 0.0661 e. The Balaban J connectivity index is 2.25. The molecule has 0 saturated heterocycles. The molecule has 0 aliphatic heterocycles. The van der Waals surface area contributed by atoms with Crippen LogP contribution in [0.15, 0.2) is 35.0 Å². The lowest BCUT2D eigenvalue weighted by Gasteiger charge is -2.06. The third kappa shape index (κ3) is 2.00. The molecule has 0 saturated carbocycles. The molecule has 0 aliphatic rings. The standard InChI is InChI=1S/C10H9ClN2S/c11-9-5-7(12)1-2-10(9)13-8-3-4-14-6-8/h1-6,13H,12H2. The van der Waals surface area contributed by atoms with E-state index in [2.05, 4.69) is 5.32 Å². The lowest BCUT2D eigenvalue weighted by molar-refractivity contribution is 1.58. The molecular weight excluding hydrogens is 216 g/mol. The van der Waals surface area contributed by atoms with Crippen molar-refractivity contribution < 1.29 is 0 Å². The molecule has 1 aromatic heterocycles. The third-order valence-corrected chi connectivity index (χ3v) is 2.79. The lowest BCUT2D eigenvalue weighted by Crippen LogP contribution is -1.91. The Morgan fingerprint density at radius 2 is 2.14 bits per heavy atom. The second-order valence-corrected chi connectivity index (χ2v) is 4.06. The van der Waals surface area contributed by atoms with Crippen LogP contribution in [0.1, 0.15) is 0 Å². The summed E-state index contributed by atoms with van der Waals surface area (Å²) in [6.07, 6.45) is 0. The van der Waals surface area contributed by atoms with Gasteiger partial charge < -0.3 is 11.1 Å². The van der Waals surface area contributed by atoms with E-state index in [1.807, 2.05) is 29.0 Å². The second kappa shape index (κ2) is 3.90. The molecule has 0 bridgehead atoms. The quantitative estimate of drug-likeness (QED) is 0.763. The van der Waals surface area contributed by atoms with Crippen LogP contribution in [0, 0.1) is 0 Å². The highest BCUT2D eigenvalue weighted by Crippen LogP contribution is 2.27. The number of anilines is 3. The first kappa shape index (κ1) is 9.37. The molecule has 0 amide bonds. The molecule has 3 N–H and O–H groups in total. The van der Waals surface area contributed by atoms with E-state index in [0.717, 1.165) is 11.4 Å². The molecule has 2 nitrogen and oxygen atoms in total. The predicted molar refractivity (Wildman–Crippen MR) is 63.5 cm³/mol. The summed E-state index contributed by atoms with van der Waals surface area (Å²) in [5.41, 5.74) is 8.18. The van der Waals surface area contributed by atoms with Gasteiger partial charge in [0.1, 0.15) is 0 Å². The molecule has 1 heterocycles. The molecule has 1 aromatic carbocycles. The predicted octanol–water partition coefficient (Wildman–Crippen LogP) is 3.73. The van der Waals surface area contributed by atoms with Crippen molar-refractivity contribution in [2.45, 2.75) is 0 Å². The summed E-state index contributed by atoms with van der Waals surface area (Å²) in [6.45, 7) is 0. The van der Waals surface area contributed by atoms with Gasteiger partial charge in [0, 0.05) is 16.8 Å². The Morgan fingerprint density at radius 3 is 2.79 bits per heavy atom. The highest BCUT2D eigenvalue weighted by atomic mass is 35.5. The normalized spacial score (nSPS) is 10.1. The summed E-state index contributed by atoms with van der Waals surface area (Å²) in [4.78, 5) is 0. The fourth-order valence-corrected chi connectivity index (χ4v) is 1.95. The van der Waals surface area contributed by atoms with Gasteiger partial charge in [0.2, 0.25) is 0 Å². The summed E-state index contributed by atoms with van der Waals surface area (Å²) in [6, 6.07) is 7.42. The van der Waals surface area contributed by atoms with E-state index in [1.54, 1.807) is 17.4 Å². The minimum absolute atomic E-state index is 0.635. The number of nitrogens with one attached hydrogen (secondary N) is 1. The van der Waals surface area contributed by atoms with E-state index in [-0.39, 0.29) is 0 Å². The molecule has 0 unspecified atom stereocenters. The maximum Gasteiger partial charge on any atom is 0.0661 e. The first-order chi connectivity index (χ1) is 6.75. The number of hydrogen-bond acceptors (Lipinski definition) is 3. The Hall–Kier alpha value is -1.19. The molecule has 0 atom stereocenters. The van der Waals surface area contributed by atoms with Crippen molar-refractivity contribution >= 4 is 40.0 Å². The highest BCUT2D eigenvalue weighted by molar-refractivity contribution is 7.08. The molecule has 0 fully saturated rings. The van der Waals surface area contributed by atoms with Gasteiger partial charge in [-0.25, -0.2) is 0 Å². The Morgan fingerprint density at radius 1 is 1.29 bits per heavy atom. The van der Waals surface area contributed by atoms with Crippen LogP contribution in [-0.4, -0.2) is 0 Å². The van der Waals surface area contributed by atoms with Gasteiger partial charge in [-0.1, -0.05) is 11.6 Å². The molecule has 2 aromatic rings. The second-order valence-electron chi connectivity index (χ2n) is 2.88. The molecule has 0 aliphatic carbocycles. The summed E-state index contributed by atoms with van der Waals surface area (Å²) < 4.78 is 0. The van der Waals surface area contributed by atoms with E-state index >= 15 is 0 Å².